The first kappa shape index (κ1) is 24.9. The van der Waals surface area contributed by atoms with Gasteiger partial charge >= 0.3 is 11.9 Å². The third kappa shape index (κ3) is 5.88. The van der Waals surface area contributed by atoms with Crippen LogP contribution in [0.25, 0.3) is 0 Å². The fourth-order valence-electron chi connectivity index (χ4n) is 3.38. The molecule has 0 aliphatic carbocycles. The molecule has 1 aliphatic heterocycles. The van der Waals surface area contributed by atoms with Crippen LogP contribution in [-0.4, -0.2) is 41.6 Å². The van der Waals surface area contributed by atoms with Crippen LogP contribution < -0.4 is 5.32 Å². The number of nitro benzene ring substituents is 1. The lowest BCUT2D eigenvalue weighted by molar-refractivity contribution is -0.384. The number of ether oxygens (including phenoxy) is 2. The number of rotatable bonds is 10. The summed E-state index contributed by atoms with van der Waals surface area (Å²) >= 11 is 1.45. The number of carbonyl (C=O) groups is 2. The van der Waals surface area contributed by atoms with Crippen molar-refractivity contribution in [3.8, 4) is 6.07 Å². The van der Waals surface area contributed by atoms with E-state index in [0.29, 0.717) is 34.9 Å². The van der Waals surface area contributed by atoms with E-state index in [1.54, 1.807) is 26.8 Å². The van der Waals surface area contributed by atoms with Gasteiger partial charge in [-0.25, -0.2) is 9.59 Å². The molecule has 170 valence electrons. The van der Waals surface area contributed by atoms with Crippen LogP contribution in [0.4, 0.5) is 5.69 Å². The molecule has 1 N–H and O–H groups in total. The van der Waals surface area contributed by atoms with Gasteiger partial charge < -0.3 is 14.8 Å². The fourth-order valence-corrected chi connectivity index (χ4v) is 4.19. The summed E-state index contributed by atoms with van der Waals surface area (Å²) in [4.78, 5) is 36.7. The van der Waals surface area contributed by atoms with Gasteiger partial charge in [0, 0.05) is 41.5 Å². The van der Waals surface area contributed by atoms with E-state index in [0.717, 1.165) is 0 Å². The Morgan fingerprint density at radius 2 is 1.88 bits per heavy atom. The highest BCUT2D eigenvalue weighted by Gasteiger charge is 2.39. The molecule has 0 saturated heterocycles. The van der Waals surface area contributed by atoms with E-state index in [9.17, 15) is 19.7 Å². The van der Waals surface area contributed by atoms with E-state index >= 15 is 0 Å². The normalized spacial score (nSPS) is 15.6. The molecule has 0 aromatic heterocycles. The third-order valence-corrected chi connectivity index (χ3v) is 5.64. The van der Waals surface area contributed by atoms with Crippen LogP contribution in [0, 0.1) is 21.4 Å². The van der Waals surface area contributed by atoms with E-state index in [2.05, 4.69) is 11.4 Å². The van der Waals surface area contributed by atoms with Crippen molar-refractivity contribution in [2.24, 2.45) is 0 Å². The molecule has 32 heavy (non-hydrogen) atoms. The molecule has 0 bridgehead atoms. The van der Waals surface area contributed by atoms with Crippen molar-refractivity contribution >= 4 is 29.4 Å². The average Bonchev–Trinajstić information content (AvgIpc) is 2.76. The topological polar surface area (TPSA) is 132 Å². The summed E-state index contributed by atoms with van der Waals surface area (Å²) < 4.78 is 10.5. The number of benzene rings is 1. The summed E-state index contributed by atoms with van der Waals surface area (Å²) in [5, 5.41) is 23.3. The van der Waals surface area contributed by atoms with Crippen molar-refractivity contribution in [3.05, 3.63) is 62.5 Å². The molecule has 2 rings (SSSR count). The maximum absolute atomic E-state index is 13.0. The molecule has 1 atom stereocenters. The first-order chi connectivity index (χ1) is 15.3. The smallest absolute Gasteiger partial charge is 0.336 e. The molecule has 0 amide bonds. The van der Waals surface area contributed by atoms with Gasteiger partial charge in [0.1, 0.15) is 0 Å². The molecule has 1 aromatic rings. The number of allylic oxidation sites excluding steroid dienone is 1. The number of hydrogen-bond acceptors (Lipinski definition) is 9. The van der Waals surface area contributed by atoms with Crippen molar-refractivity contribution in [1.29, 1.82) is 5.26 Å². The Labute approximate surface area is 190 Å². The molecular weight excluding hydrogens is 434 g/mol. The Morgan fingerprint density at radius 1 is 1.22 bits per heavy atom. The van der Waals surface area contributed by atoms with E-state index in [4.69, 9.17) is 14.7 Å². The van der Waals surface area contributed by atoms with Gasteiger partial charge in [0.2, 0.25) is 0 Å². The number of carbonyl (C=O) groups excluding carboxylic acids is 2. The van der Waals surface area contributed by atoms with Gasteiger partial charge in [0.15, 0.2) is 0 Å². The Hall–Kier alpha value is -3.32. The second-order valence-corrected chi connectivity index (χ2v) is 7.85. The Morgan fingerprint density at radius 3 is 2.47 bits per heavy atom. The minimum absolute atomic E-state index is 0.121. The Bertz CT molecular complexity index is 996. The molecule has 0 radical (unpaired) electrons. The van der Waals surface area contributed by atoms with Crippen LogP contribution in [0.15, 0.2) is 46.8 Å². The predicted octanol–water partition coefficient (Wildman–Crippen LogP) is 3.58. The van der Waals surface area contributed by atoms with E-state index in [1.165, 1.54) is 30.0 Å². The zero-order valence-corrected chi connectivity index (χ0v) is 19.0. The first-order valence-corrected chi connectivity index (χ1v) is 11.2. The third-order valence-electron chi connectivity index (χ3n) is 4.65. The zero-order chi connectivity index (χ0) is 23.7. The summed E-state index contributed by atoms with van der Waals surface area (Å²) in [6, 6.07) is 7.91. The number of non-ortho nitro benzene ring substituents is 1. The summed E-state index contributed by atoms with van der Waals surface area (Å²) in [7, 11) is 0. The minimum Gasteiger partial charge on any atom is -0.463 e. The van der Waals surface area contributed by atoms with Gasteiger partial charge in [-0.1, -0.05) is 12.1 Å². The predicted molar refractivity (Wildman–Crippen MR) is 120 cm³/mol. The van der Waals surface area contributed by atoms with Crippen LogP contribution in [0.2, 0.25) is 0 Å². The van der Waals surface area contributed by atoms with Gasteiger partial charge in [0.25, 0.3) is 5.69 Å². The van der Waals surface area contributed by atoms with Crippen molar-refractivity contribution in [2.45, 2.75) is 33.1 Å². The summed E-state index contributed by atoms with van der Waals surface area (Å²) in [6.07, 6.45) is 0.351. The SMILES string of the molecule is CCOC(=O)C1=C(C)NC(CSCCC#N)=C(C(=O)OCC)C1c1cccc([N+](=O)[O-])c1. The standard InChI is InChI=1S/C22H25N3O6S/c1-4-30-21(26)18-14(3)24-17(13-32-11-7-10-23)20(22(27)31-5-2)19(18)15-8-6-9-16(12-15)25(28)29/h6,8-9,12,19,24H,4-5,7,11,13H2,1-3H3. The van der Waals surface area contributed by atoms with Crippen molar-refractivity contribution in [2.75, 3.05) is 24.7 Å². The number of thioether (sulfide) groups is 1. The second kappa shape index (κ2) is 11.9. The molecule has 1 aliphatic rings. The van der Waals surface area contributed by atoms with E-state index < -0.39 is 22.8 Å². The molecule has 1 unspecified atom stereocenters. The molecular formula is C22H25N3O6S. The van der Waals surface area contributed by atoms with E-state index in [-0.39, 0.29) is 30.0 Å². The van der Waals surface area contributed by atoms with Crippen LogP contribution in [0.3, 0.4) is 0 Å². The lowest BCUT2D eigenvalue weighted by Gasteiger charge is -2.31. The van der Waals surface area contributed by atoms with Gasteiger partial charge in [-0.3, -0.25) is 10.1 Å². The number of nitriles is 1. The van der Waals surface area contributed by atoms with Crippen LogP contribution in [-0.2, 0) is 19.1 Å². The molecule has 0 saturated carbocycles. The highest BCUT2D eigenvalue weighted by molar-refractivity contribution is 7.99. The molecule has 10 heteroatoms. The second-order valence-electron chi connectivity index (χ2n) is 6.74. The highest BCUT2D eigenvalue weighted by atomic mass is 32.2. The molecule has 1 heterocycles. The average molecular weight is 460 g/mol. The van der Waals surface area contributed by atoms with Crippen LogP contribution in [0.1, 0.15) is 38.7 Å². The number of dihydropyridines is 1. The Balaban J connectivity index is 2.68. The van der Waals surface area contributed by atoms with Crippen molar-refractivity contribution < 1.29 is 24.0 Å². The molecule has 1 aromatic carbocycles. The number of nitro groups is 1. The van der Waals surface area contributed by atoms with E-state index in [1.807, 2.05) is 0 Å². The molecule has 9 nitrogen and oxygen atoms in total. The van der Waals surface area contributed by atoms with Crippen molar-refractivity contribution in [1.82, 2.24) is 5.32 Å². The quantitative estimate of drug-likeness (QED) is 0.241. The molecule has 0 spiro atoms. The monoisotopic (exact) mass is 459 g/mol. The zero-order valence-electron chi connectivity index (χ0n) is 18.2. The first-order valence-electron chi connectivity index (χ1n) is 10.1. The van der Waals surface area contributed by atoms with Crippen LogP contribution >= 0.6 is 11.8 Å². The Kier molecular flexibility index (Phi) is 9.28. The summed E-state index contributed by atoms with van der Waals surface area (Å²) in [6.45, 7) is 5.29. The fraction of sp³-hybridized carbons (Fsp3) is 0.409. The minimum atomic E-state index is -0.902. The van der Waals surface area contributed by atoms with Crippen molar-refractivity contribution in [3.63, 3.8) is 0 Å². The summed E-state index contributed by atoms with van der Waals surface area (Å²) in [5.74, 6) is -1.21. The lowest BCUT2D eigenvalue weighted by Crippen LogP contribution is -2.34. The lowest BCUT2D eigenvalue weighted by atomic mass is 9.80. The summed E-state index contributed by atoms with van der Waals surface area (Å²) in [5.41, 5.74) is 1.67. The number of esters is 2. The maximum Gasteiger partial charge on any atom is 0.336 e. The van der Waals surface area contributed by atoms with Gasteiger partial charge in [-0.2, -0.15) is 17.0 Å². The maximum atomic E-state index is 13.0. The largest absolute Gasteiger partial charge is 0.463 e. The number of hydrogen-bond donors (Lipinski definition) is 1. The van der Waals surface area contributed by atoms with Gasteiger partial charge in [-0.15, -0.1) is 0 Å². The highest BCUT2D eigenvalue weighted by Crippen LogP contribution is 2.40. The number of nitrogens with one attached hydrogen (secondary N) is 1. The molecule has 0 fully saturated rings. The van der Waals surface area contributed by atoms with Gasteiger partial charge in [0.05, 0.1) is 41.3 Å². The van der Waals surface area contributed by atoms with Gasteiger partial charge in [-0.05, 0) is 26.3 Å². The van der Waals surface area contributed by atoms with Crippen LogP contribution in [0.5, 0.6) is 0 Å². The number of nitrogens with zero attached hydrogens (tertiary/aromatic N) is 2.